The Kier molecular flexibility index (Phi) is 12.2. The maximum atomic E-state index is 10.8. The molecule has 0 radical (unpaired) electrons. The molecule has 0 saturated carbocycles. The molecule has 1 aromatic rings. The highest BCUT2D eigenvalue weighted by Crippen LogP contribution is 2.35. The first-order valence-electron chi connectivity index (χ1n) is 10.9. The second-order valence-electron chi connectivity index (χ2n) is 8.61. The van der Waals surface area contributed by atoms with E-state index in [4.69, 9.17) is 5.11 Å². The number of rotatable bonds is 15. The monoisotopic (exact) mass is 412 g/mol. The van der Waals surface area contributed by atoms with Gasteiger partial charge in [-0.3, -0.25) is 0 Å². The molecule has 0 aliphatic rings. The summed E-state index contributed by atoms with van der Waals surface area (Å²) in [5.74, 6) is -0.567. The summed E-state index contributed by atoms with van der Waals surface area (Å²) >= 11 is 0. The summed E-state index contributed by atoms with van der Waals surface area (Å²) < 4.78 is 0. The molecule has 0 aromatic heterocycles. The highest BCUT2D eigenvalue weighted by Gasteiger charge is 2.30. The Morgan fingerprint density at radius 2 is 1.31 bits per heavy atom. The lowest BCUT2D eigenvalue weighted by atomic mass is 9.82. The molecular weight excluding hydrogens is 372 g/mol. The molecule has 0 amide bonds. The second-order valence-corrected chi connectivity index (χ2v) is 8.61. The zero-order chi connectivity index (χ0) is 21.8. The Labute approximate surface area is 174 Å². The maximum absolute atomic E-state index is 10.8. The molecule has 0 aliphatic heterocycles. The van der Waals surface area contributed by atoms with Gasteiger partial charge in [0.2, 0.25) is 0 Å². The molecule has 0 heterocycles. The largest absolute Gasteiger partial charge is 0.508 e. The highest BCUT2D eigenvalue weighted by molar-refractivity contribution is 5.37. The molecule has 0 unspecified atom stereocenters. The smallest absolute Gasteiger partial charge is 0.119 e. The molecule has 0 fully saturated rings. The van der Waals surface area contributed by atoms with E-state index < -0.39 is 24.2 Å². The summed E-state index contributed by atoms with van der Waals surface area (Å²) in [4.78, 5) is 0. The van der Waals surface area contributed by atoms with Gasteiger partial charge in [-0.2, -0.15) is 0 Å². The molecule has 6 N–H and O–H groups in total. The summed E-state index contributed by atoms with van der Waals surface area (Å²) in [5, 5.41) is 60.0. The van der Waals surface area contributed by atoms with Crippen molar-refractivity contribution in [3.8, 4) is 11.5 Å². The number of hydrogen-bond donors (Lipinski definition) is 6. The number of aliphatic hydroxyl groups is 4. The van der Waals surface area contributed by atoms with Crippen molar-refractivity contribution in [1.29, 1.82) is 0 Å². The van der Waals surface area contributed by atoms with Crippen LogP contribution in [0.15, 0.2) is 18.2 Å². The third kappa shape index (κ3) is 10.3. The first-order chi connectivity index (χ1) is 13.7. The molecule has 168 valence electrons. The Balaban J connectivity index is 2.58. The number of hydrogen-bond acceptors (Lipinski definition) is 6. The van der Waals surface area contributed by atoms with Crippen LogP contribution in [0.25, 0.3) is 0 Å². The van der Waals surface area contributed by atoms with E-state index in [1.165, 1.54) is 18.2 Å². The lowest BCUT2D eigenvalue weighted by Gasteiger charge is -2.30. The van der Waals surface area contributed by atoms with Crippen molar-refractivity contribution < 1.29 is 30.6 Å². The van der Waals surface area contributed by atoms with Crippen LogP contribution >= 0.6 is 0 Å². The van der Waals surface area contributed by atoms with Crippen LogP contribution in [0.4, 0.5) is 0 Å². The Hall–Kier alpha value is -1.34. The van der Waals surface area contributed by atoms with Crippen LogP contribution in [0, 0.1) is 11.8 Å². The molecule has 0 saturated heterocycles. The summed E-state index contributed by atoms with van der Waals surface area (Å²) in [7, 11) is 0. The number of aromatic hydroxyl groups is 2. The van der Waals surface area contributed by atoms with Crippen LogP contribution in [0.5, 0.6) is 11.5 Å². The lowest BCUT2D eigenvalue weighted by molar-refractivity contribution is -0.0250. The van der Waals surface area contributed by atoms with Crippen molar-refractivity contribution in [3.05, 3.63) is 23.8 Å². The number of aliphatic hydroxyl groups excluding tert-OH is 4. The van der Waals surface area contributed by atoms with Crippen LogP contribution < -0.4 is 0 Å². The topological polar surface area (TPSA) is 121 Å². The van der Waals surface area contributed by atoms with Crippen molar-refractivity contribution >= 4 is 0 Å². The van der Waals surface area contributed by atoms with E-state index in [0.29, 0.717) is 18.4 Å². The van der Waals surface area contributed by atoms with Crippen LogP contribution in [-0.4, -0.2) is 49.5 Å². The van der Waals surface area contributed by atoms with Crippen molar-refractivity contribution in [2.45, 2.75) is 89.9 Å². The zero-order valence-electron chi connectivity index (χ0n) is 17.9. The van der Waals surface area contributed by atoms with Gasteiger partial charge in [0.05, 0.1) is 18.3 Å². The quantitative estimate of drug-likeness (QED) is 0.245. The standard InChI is InChI=1S/C23H40O6/c1-16(2)11-21(23(29)17-12-19(26)14-20(27)13-17)22(28)15-18(25)9-7-5-3-4-6-8-10-24/h12-14,16,18,21-29H,3-11,15H2,1-2H3/t18-,21+,22-,23+/m1/s1. The van der Waals surface area contributed by atoms with E-state index >= 15 is 0 Å². The van der Waals surface area contributed by atoms with E-state index in [9.17, 15) is 25.5 Å². The molecule has 29 heavy (non-hydrogen) atoms. The summed E-state index contributed by atoms with van der Waals surface area (Å²) in [6.07, 6.45) is 4.67. The van der Waals surface area contributed by atoms with Gasteiger partial charge >= 0.3 is 0 Å². The number of phenolic OH excluding ortho intramolecular Hbond substituents is 2. The first kappa shape index (κ1) is 25.7. The van der Waals surface area contributed by atoms with Gasteiger partial charge in [-0.15, -0.1) is 0 Å². The molecule has 0 aliphatic carbocycles. The summed E-state index contributed by atoms with van der Waals surface area (Å²) in [6, 6.07) is 3.97. The minimum atomic E-state index is -1.05. The van der Waals surface area contributed by atoms with Crippen LogP contribution in [0.2, 0.25) is 0 Å². The van der Waals surface area contributed by atoms with Crippen molar-refractivity contribution in [2.75, 3.05) is 6.61 Å². The third-order valence-electron chi connectivity index (χ3n) is 5.37. The van der Waals surface area contributed by atoms with E-state index in [-0.39, 0.29) is 30.4 Å². The van der Waals surface area contributed by atoms with E-state index in [1.54, 1.807) is 0 Å². The van der Waals surface area contributed by atoms with Crippen LogP contribution in [0.1, 0.15) is 83.3 Å². The van der Waals surface area contributed by atoms with E-state index in [2.05, 4.69) is 0 Å². The van der Waals surface area contributed by atoms with Crippen molar-refractivity contribution in [1.82, 2.24) is 0 Å². The Morgan fingerprint density at radius 3 is 1.86 bits per heavy atom. The van der Waals surface area contributed by atoms with Gasteiger partial charge in [-0.05, 0) is 49.3 Å². The average Bonchev–Trinajstić information content (AvgIpc) is 2.63. The highest BCUT2D eigenvalue weighted by atomic mass is 16.3. The van der Waals surface area contributed by atoms with Crippen molar-refractivity contribution in [2.24, 2.45) is 11.8 Å². The van der Waals surface area contributed by atoms with Gasteiger partial charge in [0, 0.05) is 18.6 Å². The SMILES string of the molecule is CC(C)C[C@@H]([C@H](O)C[C@H](O)CCCCCCCCO)[C@@H](O)c1cc(O)cc(O)c1. The molecule has 0 spiro atoms. The lowest BCUT2D eigenvalue weighted by Crippen LogP contribution is -2.31. The van der Waals surface area contributed by atoms with Crippen LogP contribution in [0.3, 0.4) is 0 Å². The fraction of sp³-hybridized carbons (Fsp3) is 0.739. The molecular formula is C23H40O6. The second kappa shape index (κ2) is 13.8. The predicted molar refractivity (Wildman–Crippen MR) is 114 cm³/mol. The normalized spacial score (nSPS) is 16.0. The molecule has 1 rings (SSSR count). The van der Waals surface area contributed by atoms with Gasteiger partial charge in [-0.1, -0.05) is 46.0 Å². The summed E-state index contributed by atoms with van der Waals surface area (Å²) in [6.45, 7) is 4.24. The Morgan fingerprint density at radius 1 is 0.759 bits per heavy atom. The molecule has 1 aromatic carbocycles. The number of benzene rings is 1. The van der Waals surface area contributed by atoms with Gasteiger partial charge in [0.1, 0.15) is 11.5 Å². The minimum absolute atomic E-state index is 0.143. The fourth-order valence-electron chi connectivity index (χ4n) is 3.85. The average molecular weight is 413 g/mol. The molecule has 0 bridgehead atoms. The number of phenols is 2. The van der Waals surface area contributed by atoms with E-state index in [0.717, 1.165) is 38.5 Å². The third-order valence-corrected chi connectivity index (χ3v) is 5.37. The molecule has 4 atom stereocenters. The number of unbranched alkanes of at least 4 members (excludes halogenated alkanes) is 5. The minimum Gasteiger partial charge on any atom is -0.508 e. The van der Waals surface area contributed by atoms with E-state index in [1.807, 2.05) is 13.8 Å². The van der Waals surface area contributed by atoms with Gasteiger partial charge in [-0.25, -0.2) is 0 Å². The fourth-order valence-corrected chi connectivity index (χ4v) is 3.85. The zero-order valence-corrected chi connectivity index (χ0v) is 17.9. The van der Waals surface area contributed by atoms with Crippen molar-refractivity contribution in [3.63, 3.8) is 0 Å². The molecule has 6 nitrogen and oxygen atoms in total. The summed E-state index contributed by atoms with van der Waals surface area (Å²) in [5.41, 5.74) is 0.351. The first-order valence-corrected chi connectivity index (χ1v) is 10.9. The predicted octanol–water partition coefficient (Wildman–Crippen LogP) is 3.63. The van der Waals surface area contributed by atoms with Gasteiger partial charge in [0.15, 0.2) is 0 Å². The maximum Gasteiger partial charge on any atom is 0.119 e. The molecule has 6 heteroatoms. The van der Waals surface area contributed by atoms with Gasteiger partial charge < -0.3 is 30.6 Å². The van der Waals surface area contributed by atoms with Gasteiger partial charge in [0.25, 0.3) is 0 Å². The van der Waals surface area contributed by atoms with Crippen LogP contribution in [-0.2, 0) is 0 Å². The Bertz CT molecular complexity index is 542.